The summed E-state index contributed by atoms with van der Waals surface area (Å²) in [6, 6.07) is 29.7. The molecule has 55 heavy (non-hydrogen) atoms. The average Bonchev–Trinajstić information content (AvgIpc) is 3.84. The van der Waals surface area contributed by atoms with Gasteiger partial charge in [-0.15, -0.1) is 0 Å². The molecular formula is C45H56BrN9. The van der Waals surface area contributed by atoms with Crippen molar-refractivity contribution in [2.75, 3.05) is 51.5 Å². The molecule has 0 bridgehead atoms. The first kappa shape index (κ1) is 40.2. The number of nitrogens with two attached hydrogens (primary N) is 1. The lowest BCUT2D eigenvalue weighted by Crippen LogP contribution is -2.26. The predicted octanol–water partition coefficient (Wildman–Crippen LogP) is 9.21. The highest BCUT2D eigenvalue weighted by Gasteiger charge is 2.19. The highest BCUT2D eigenvalue weighted by atomic mass is 79.9. The summed E-state index contributed by atoms with van der Waals surface area (Å²) in [7, 11) is 8.29. The molecule has 1 saturated heterocycles. The van der Waals surface area contributed by atoms with Gasteiger partial charge in [-0.2, -0.15) is 0 Å². The molecule has 8 rings (SSSR count). The van der Waals surface area contributed by atoms with E-state index < -0.39 is 0 Å². The van der Waals surface area contributed by atoms with E-state index in [1.165, 1.54) is 48.1 Å². The van der Waals surface area contributed by atoms with Crippen molar-refractivity contribution in [3.63, 3.8) is 0 Å². The van der Waals surface area contributed by atoms with E-state index in [1.807, 2.05) is 42.7 Å². The normalized spacial score (nSPS) is 15.7. The topological polar surface area (TPSA) is 99.3 Å². The quantitative estimate of drug-likeness (QED) is 0.148. The zero-order chi connectivity index (χ0) is 38.7. The third kappa shape index (κ3) is 12.3. The molecule has 9 nitrogen and oxygen atoms in total. The van der Waals surface area contributed by atoms with Crippen molar-refractivity contribution >= 4 is 55.1 Å². The highest BCUT2D eigenvalue weighted by Crippen LogP contribution is 2.25. The Labute approximate surface area is 335 Å². The van der Waals surface area contributed by atoms with Crippen LogP contribution in [-0.4, -0.2) is 77.1 Å². The molecule has 6 aromatic rings. The lowest BCUT2D eigenvalue weighted by Gasteiger charge is -2.18. The monoisotopic (exact) mass is 801 g/mol. The summed E-state index contributed by atoms with van der Waals surface area (Å²) in [6.45, 7) is 6.18. The molecular weight excluding hydrogens is 746 g/mol. The lowest BCUT2D eigenvalue weighted by molar-refractivity contribution is 0.402. The van der Waals surface area contributed by atoms with Gasteiger partial charge < -0.3 is 25.8 Å². The van der Waals surface area contributed by atoms with Gasteiger partial charge in [-0.05, 0) is 106 Å². The molecule has 0 unspecified atom stereocenters. The van der Waals surface area contributed by atoms with Crippen LogP contribution in [0.5, 0.6) is 0 Å². The maximum atomic E-state index is 6.03. The second-order valence-electron chi connectivity index (χ2n) is 15.6. The molecule has 2 aliphatic rings. The van der Waals surface area contributed by atoms with Crippen LogP contribution in [0.15, 0.2) is 102 Å². The third-order valence-electron chi connectivity index (χ3n) is 9.98. The van der Waals surface area contributed by atoms with Crippen molar-refractivity contribution < 1.29 is 0 Å². The Hall–Kier alpha value is -4.48. The summed E-state index contributed by atoms with van der Waals surface area (Å²) in [5.41, 5.74) is 14.0. The van der Waals surface area contributed by atoms with Crippen molar-refractivity contribution in [2.24, 2.45) is 11.7 Å². The van der Waals surface area contributed by atoms with Crippen molar-refractivity contribution in [3.05, 3.63) is 124 Å². The maximum Gasteiger partial charge on any atom is 0.227 e. The fourth-order valence-corrected chi connectivity index (χ4v) is 7.43. The fraction of sp³-hybridized carbons (Fsp3) is 0.378. The van der Waals surface area contributed by atoms with Crippen molar-refractivity contribution in [1.29, 1.82) is 0 Å². The number of hydrogen-bond donors (Lipinski definition) is 2. The Bertz CT molecular complexity index is 2110. The molecule has 10 heteroatoms. The SMILES string of the molecule is CC1CCCC1.CN(C)Cc1ccc(Cc2ncc3cc(N4CC[C@@H](N)C4)ccc3n2)cc1.CN(C)Cc1ccc(Nc2ncc3cc(Br)ccc3n2)cc1. The molecule has 0 amide bonds. The molecule has 4 aromatic carbocycles. The van der Waals surface area contributed by atoms with Crippen LogP contribution in [-0.2, 0) is 19.5 Å². The van der Waals surface area contributed by atoms with E-state index >= 15 is 0 Å². The number of fused-ring (bicyclic) bond motifs is 2. The third-order valence-corrected chi connectivity index (χ3v) is 10.5. The molecule has 3 N–H and O–H groups in total. The zero-order valence-electron chi connectivity index (χ0n) is 33.0. The molecule has 2 aromatic heterocycles. The minimum absolute atomic E-state index is 0.281. The van der Waals surface area contributed by atoms with Gasteiger partial charge >= 0.3 is 0 Å². The molecule has 0 spiro atoms. The maximum absolute atomic E-state index is 6.03. The van der Waals surface area contributed by atoms with E-state index in [2.05, 4.69) is 141 Å². The molecule has 1 aliphatic heterocycles. The first-order valence-corrected chi connectivity index (χ1v) is 20.3. The average molecular weight is 803 g/mol. The van der Waals surface area contributed by atoms with Crippen LogP contribution in [0.1, 0.15) is 61.5 Å². The Balaban J connectivity index is 0.000000165. The molecule has 1 atom stereocenters. The molecule has 288 valence electrons. The summed E-state index contributed by atoms with van der Waals surface area (Å²) < 4.78 is 1.03. The lowest BCUT2D eigenvalue weighted by atomic mass is 10.1. The van der Waals surface area contributed by atoms with E-state index in [0.717, 1.165) is 82.7 Å². The Morgan fingerprint density at radius 3 is 1.95 bits per heavy atom. The number of rotatable bonds is 9. The van der Waals surface area contributed by atoms with E-state index in [1.54, 1.807) is 0 Å². The van der Waals surface area contributed by atoms with Crippen LogP contribution in [0.4, 0.5) is 17.3 Å². The summed E-state index contributed by atoms with van der Waals surface area (Å²) in [4.78, 5) is 24.9. The number of halogens is 1. The summed E-state index contributed by atoms with van der Waals surface area (Å²) >= 11 is 3.45. The fourth-order valence-electron chi connectivity index (χ4n) is 7.06. The van der Waals surface area contributed by atoms with E-state index in [4.69, 9.17) is 10.7 Å². The smallest absolute Gasteiger partial charge is 0.227 e. The molecule has 3 heterocycles. The minimum atomic E-state index is 0.281. The summed E-state index contributed by atoms with van der Waals surface area (Å²) in [5.74, 6) is 2.51. The number of hydrogen-bond acceptors (Lipinski definition) is 9. The number of anilines is 3. The summed E-state index contributed by atoms with van der Waals surface area (Å²) in [6.07, 6.45) is 11.5. The van der Waals surface area contributed by atoms with E-state index in [9.17, 15) is 0 Å². The second kappa shape index (κ2) is 19.4. The zero-order valence-corrected chi connectivity index (χ0v) is 34.6. The van der Waals surface area contributed by atoms with Crippen molar-refractivity contribution in [1.82, 2.24) is 29.7 Å². The van der Waals surface area contributed by atoms with E-state index in [-0.39, 0.29) is 6.04 Å². The van der Waals surface area contributed by atoms with Gasteiger partial charge in [0.1, 0.15) is 5.82 Å². The van der Waals surface area contributed by atoms with Gasteiger partial charge in [-0.1, -0.05) is 84.9 Å². The van der Waals surface area contributed by atoms with Gasteiger partial charge in [0.05, 0.1) is 11.0 Å². The molecule has 2 fully saturated rings. The van der Waals surface area contributed by atoms with E-state index in [0.29, 0.717) is 5.95 Å². The van der Waals surface area contributed by atoms with Gasteiger partial charge in [0, 0.05) is 77.7 Å². The van der Waals surface area contributed by atoms with Gasteiger partial charge in [0.15, 0.2) is 0 Å². The minimum Gasteiger partial charge on any atom is -0.370 e. The molecule has 1 aliphatic carbocycles. The first-order chi connectivity index (χ1) is 26.6. The molecule has 0 radical (unpaired) electrons. The summed E-state index contributed by atoms with van der Waals surface area (Å²) in [5, 5.41) is 5.34. The first-order valence-electron chi connectivity index (χ1n) is 19.5. The van der Waals surface area contributed by atoms with Crippen molar-refractivity contribution in [3.8, 4) is 0 Å². The van der Waals surface area contributed by atoms with Crippen LogP contribution in [0, 0.1) is 5.92 Å². The largest absolute Gasteiger partial charge is 0.370 e. The number of aromatic nitrogens is 4. The number of nitrogens with one attached hydrogen (secondary N) is 1. The van der Waals surface area contributed by atoms with Gasteiger partial charge in [0.2, 0.25) is 5.95 Å². The Morgan fingerprint density at radius 2 is 1.33 bits per heavy atom. The molecule has 1 saturated carbocycles. The van der Waals surface area contributed by atoms with Crippen LogP contribution < -0.4 is 16.0 Å². The van der Waals surface area contributed by atoms with Gasteiger partial charge in [-0.3, -0.25) is 0 Å². The number of nitrogens with zero attached hydrogens (tertiary/aromatic N) is 7. The van der Waals surface area contributed by atoms with Crippen LogP contribution in [0.2, 0.25) is 0 Å². The highest BCUT2D eigenvalue weighted by molar-refractivity contribution is 9.10. The van der Waals surface area contributed by atoms with Crippen molar-refractivity contribution in [2.45, 2.75) is 64.6 Å². The second-order valence-corrected chi connectivity index (χ2v) is 16.5. The van der Waals surface area contributed by atoms with Crippen LogP contribution in [0.25, 0.3) is 21.8 Å². The van der Waals surface area contributed by atoms with Crippen LogP contribution >= 0.6 is 15.9 Å². The standard InChI is InChI=1S/C22H27N5.C17H17BrN4.C6H12/c1-26(2)14-17-5-3-16(4-6-17)11-22-24-13-18-12-20(7-8-21(18)25-22)27-10-9-19(23)15-27;1-22(2)11-12-3-6-15(7-4-12)20-17-19-10-13-9-14(18)5-8-16(13)21-17;1-6-4-2-3-5-6/h3-8,12-13,19H,9-11,14-15,23H2,1-2H3;3-10H,11H2,1-2H3,(H,19,20,21);6H,2-5H2,1H3/t19-;;/m1../s1. The number of benzene rings is 4. The Kier molecular flexibility index (Phi) is 14.2. The van der Waals surface area contributed by atoms with Gasteiger partial charge in [0.25, 0.3) is 0 Å². The predicted molar refractivity (Wildman–Crippen MR) is 233 cm³/mol. The van der Waals surface area contributed by atoms with Gasteiger partial charge in [-0.25, -0.2) is 19.9 Å². The van der Waals surface area contributed by atoms with Crippen LogP contribution in [0.3, 0.4) is 0 Å². The Morgan fingerprint density at radius 1 is 0.727 bits per heavy atom.